The van der Waals surface area contributed by atoms with Crippen LogP contribution in [-0.2, 0) is 4.79 Å². The molecule has 0 aliphatic rings. The van der Waals surface area contributed by atoms with Crippen LogP contribution >= 0.6 is 43.6 Å². The molecule has 0 spiro atoms. The number of benzene rings is 1. The summed E-state index contributed by atoms with van der Waals surface area (Å²) in [6, 6.07) is 3.75. The van der Waals surface area contributed by atoms with Crippen LogP contribution < -0.4 is 4.74 Å². The Morgan fingerprint density at radius 1 is 1.43 bits per heavy atom. The van der Waals surface area contributed by atoms with Crippen molar-refractivity contribution in [3.63, 3.8) is 0 Å². The van der Waals surface area contributed by atoms with Gasteiger partial charge < -0.3 is 9.84 Å². The van der Waals surface area contributed by atoms with Crippen LogP contribution in [-0.4, -0.2) is 33.5 Å². The Labute approximate surface area is 143 Å². The number of carboxylic acids is 1. The van der Waals surface area contributed by atoms with E-state index in [4.69, 9.17) is 9.84 Å². The summed E-state index contributed by atoms with van der Waals surface area (Å²) in [6.45, 7) is 1.87. The Kier molecular flexibility index (Phi) is 5.34. The lowest BCUT2D eigenvalue weighted by molar-refractivity contribution is -0.133. The minimum atomic E-state index is -0.875. The maximum absolute atomic E-state index is 10.7. The number of thioether (sulfide) groups is 1. The van der Waals surface area contributed by atoms with E-state index in [1.165, 1.54) is 11.8 Å². The third kappa shape index (κ3) is 3.81. The van der Waals surface area contributed by atoms with Crippen molar-refractivity contribution in [2.75, 3.05) is 12.9 Å². The van der Waals surface area contributed by atoms with E-state index in [9.17, 15) is 4.79 Å². The molecule has 0 aliphatic heterocycles. The van der Waals surface area contributed by atoms with Crippen LogP contribution in [0, 0.1) is 6.92 Å². The van der Waals surface area contributed by atoms with Crippen LogP contribution in [0.25, 0.3) is 5.69 Å². The molecule has 0 amide bonds. The first kappa shape index (κ1) is 16.4. The number of rotatable bonds is 5. The van der Waals surface area contributed by atoms with Crippen molar-refractivity contribution in [3.8, 4) is 11.4 Å². The van der Waals surface area contributed by atoms with Crippen molar-refractivity contribution in [1.29, 1.82) is 0 Å². The summed E-state index contributed by atoms with van der Waals surface area (Å²) in [5, 5.41) is 9.45. The van der Waals surface area contributed by atoms with Gasteiger partial charge in [0, 0.05) is 16.7 Å². The largest absolute Gasteiger partial charge is 0.495 e. The van der Waals surface area contributed by atoms with Crippen LogP contribution in [0.2, 0.25) is 0 Å². The van der Waals surface area contributed by atoms with E-state index in [1.807, 2.05) is 29.8 Å². The smallest absolute Gasteiger partial charge is 0.313 e. The van der Waals surface area contributed by atoms with Crippen molar-refractivity contribution >= 4 is 49.6 Å². The maximum atomic E-state index is 10.7. The second kappa shape index (κ2) is 6.85. The number of imidazole rings is 1. The average molecular weight is 436 g/mol. The summed E-state index contributed by atoms with van der Waals surface area (Å²) in [7, 11) is 1.59. The maximum Gasteiger partial charge on any atom is 0.313 e. The predicted octanol–water partition coefficient (Wildman–Crippen LogP) is 3.89. The van der Waals surface area contributed by atoms with E-state index in [0.29, 0.717) is 10.9 Å². The molecule has 0 saturated heterocycles. The molecule has 1 heterocycles. The summed E-state index contributed by atoms with van der Waals surface area (Å²) < 4.78 is 8.84. The lowest BCUT2D eigenvalue weighted by Crippen LogP contribution is -2.02. The van der Waals surface area contributed by atoms with Crippen molar-refractivity contribution < 1.29 is 14.6 Å². The topological polar surface area (TPSA) is 64.4 Å². The molecule has 21 heavy (non-hydrogen) atoms. The number of aryl methyl sites for hydroxylation is 1. The first-order valence-electron chi connectivity index (χ1n) is 5.86. The molecule has 112 valence electrons. The molecule has 0 atom stereocenters. The van der Waals surface area contributed by atoms with Gasteiger partial charge in [-0.05, 0) is 44.8 Å². The fourth-order valence-electron chi connectivity index (χ4n) is 1.74. The van der Waals surface area contributed by atoms with Crippen LogP contribution in [0.5, 0.6) is 5.75 Å². The standard InChI is InChI=1S/C13H12Br2N2O3S/c1-7-5-17(13(16-7)21-6-12(18)19)10-4-11(20-2)9(15)3-8(10)14/h3-5H,6H2,1-2H3,(H,18,19). The van der Waals surface area contributed by atoms with Gasteiger partial charge in [0.2, 0.25) is 0 Å². The molecule has 0 unspecified atom stereocenters. The van der Waals surface area contributed by atoms with Crippen molar-refractivity contribution in [1.82, 2.24) is 9.55 Å². The quantitative estimate of drug-likeness (QED) is 0.721. The Balaban J connectivity index is 2.48. The summed E-state index contributed by atoms with van der Waals surface area (Å²) >= 11 is 8.11. The lowest BCUT2D eigenvalue weighted by atomic mass is 10.3. The van der Waals surface area contributed by atoms with Gasteiger partial charge in [0.05, 0.1) is 28.7 Å². The van der Waals surface area contributed by atoms with E-state index < -0.39 is 5.97 Å². The van der Waals surface area contributed by atoms with Gasteiger partial charge in [-0.1, -0.05) is 11.8 Å². The highest BCUT2D eigenvalue weighted by atomic mass is 79.9. The zero-order chi connectivity index (χ0) is 15.6. The van der Waals surface area contributed by atoms with Gasteiger partial charge in [-0.2, -0.15) is 0 Å². The number of halogens is 2. The molecule has 2 aromatic rings. The van der Waals surface area contributed by atoms with E-state index in [0.717, 1.165) is 20.3 Å². The summed E-state index contributed by atoms with van der Waals surface area (Å²) in [5.74, 6) is -0.227. The van der Waals surface area contributed by atoms with Crippen LogP contribution in [0.3, 0.4) is 0 Å². The molecule has 1 N–H and O–H groups in total. The van der Waals surface area contributed by atoms with Gasteiger partial charge in [-0.3, -0.25) is 9.36 Å². The monoisotopic (exact) mass is 434 g/mol. The number of aromatic nitrogens is 2. The Morgan fingerprint density at radius 3 is 2.76 bits per heavy atom. The fraction of sp³-hybridized carbons (Fsp3) is 0.231. The highest BCUT2D eigenvalue weighted by molar-refractivity contribution is 9.11. The molecule has 0 aliphatic carbocycles. The van der Waals surface area contributed by atoms with E-state index in [-0.39, 0.29) is 5.75 Å². The Bertz CT molecular complexity index is 688. The zero-order valence-corrected chi connectivity index (χ0v) is 15.2. The zero-order valence-electron chi connectivity index (χ0n) is 11.3. The molecule has 0 bridgehead atoms. The van der Waals surface area contributed by atoms with E-state index >= 15 is 0 Å². The van der Waals surface area contributed by atoms with Crippen LogP contribution in [0.4, 0.5) is 0 Å². The highest BCUT2D eigenvalue weighted by Crippen LogP contribution is 2.35. The first-order valence-corrected chi connectivity index (χ1v) is 8.43. The van der Waals surface area contributed by atoms with Gasteiger partial charge in [0.25, 0.3) is 0 Å². The molecule has 8 heteroatoms. The van der Waals surface area contributed by atoms with Gasteiger partial charge in [-0.25, -0.2) is 4.98 Å². The van der Waals surface area contributed by atoms with Crippen LogP contribution in [0.1, 0.15) is 5.69 Å². The number of hydrogen-bond donors (Lipinski definition) is 1. The van der Waals surface area contributed by atoms with Gasteiger partial charge in [0.15, 0.2) is 5.16 Å². The minimum Gasteiger partial charge on any atom is -0.495 e. The molecular formula is C13H12Br2N2O3S. The summed E-state index contributed by atoms with van der Waals surface area (Å²) in [6.07, 6.45) is 1.86. The summed E-state index contributed by atoms with van der Waals surface area (Å²) in [4.78, 5) is 15.1. The number of carboxylic acid groups (broad SMARTS) is 1. The number of ether oxygens (including phenoxy) is 1. The van der Waals surface area contributed by atoms with Crippen molar-refractivity contribution in [2.24, 2.45) is 0 Å². The Morgan fingerprint density at radius 2 is 2.14 bits per heavy atom. The molecule has 5 nitrogen and oxygen atoms in total. The van der Waals surface area contributed by atoms with Gasteiger partial charge in [0.1, 0.15) is 5.75 Å². The highest BCUT2D eigenvalue weighted by Gasteiger charge is 2.15. The summed E-state index contributed by atoms with van der Waals surface area (Å²) in [5.41, 5.74) is 1.65. The molecule has 2 rings (SSSR count). The number of hydrogen-bond acceptors (Lipinski definition) is 4. The van der Waals surface area contributed by atoms with Gasteiger partial charge in [-0.15, -0.1) is 0 Å². The van der Waals surface area contributed by atoms with E-state index in [1.54, 1.807) is 7.11 Å². The second-order valence-corrected chi connectivity index (χ2v) is 6.81. The van der Waals surface area contributed by atoms with Crippen molar-refractivity contribution in [3.05, 3.63) is 33.0 Å². The number of methoxy groups -OCH3 is 1. The lowest BCUT2D eigenvalue weighted by Gasteiger charge is -2.12. The second-order valence-electron chi connectivity index (χ2n) is 4.16. The predicted molar refractivity (Wildman–Crippen MR) is 88.6 cm³/mol. The SMILES string of the molecule is COc1cc(-n2cc(C)nc2SCC(=O)O)c(Br)cc1Br. The average Bonchev–Trinajstić information content (AvgIpc) is 2.77. The molecule has 1 aromatic carbocycles. The molecular weight excluding hydrogens is 424 g/mol. The third-order valence-corrected chi connectivity index (χ3v) is 4.79. The molecule has 1 aromatic heterocycles. The number of aliphatic carboxylic acids is 1. The van der Waals surface area contributed by atoms with Crippen molar-refractivity contribution in [2.45, 2.75) is 12.1 Å². The normalized spacial score (nSPS) is 10.7. The Hall–Kier alpha value is -0.990. The molecule has 0 radical (unpaired) electrons. The van der Waals surface area contributed by atoms with E-state index in [2.05, 4.69) is 36.8 Å². The third-order valence-electron chi connectivity index (χ3n) is 2.60. The molecule has 0 saturated carbocycles. The fourth-order valence-corrected chi connectivity index (χ4v) is 3.83. The van der Waals surface area contributed by atoms with Gasteiger partial charge >= 0.3 is 5.97 Å². The first-order chi connectivity index (χ1) is 9.92. The molecule has 0 fully saturated rings. The minimum absolute atomic E-state index is 0.0399. The number of carbonyl (C=O) groups is 1. The van der Waals surface area contributed by atoms with Crippen LogP contribution in [0.15, 0.2) is 32.4 Å². The number of nitrogens with zero attached hydrogens (tertiary/aromatic N) is 2.